The molecule has 0 aliphatic carbocycles. The van der Waals surface area contributed by atoms with Crippen LogP contribution in [0.3, 0.4) is 0 Å². The summed E-state index contributed by atoms with van der Waals surface area (Å²) < 4.78 is 11.8. The van der Waals surface area contributed by atoms with E-state index in [2.05, 4.69) is 18.8 Å². The number of hydrogen-bond donors (Lipinski definition) is 1. The van der Waals surface area contributed by atoms with Crippen molar-refractivity contribution in [1.82, 2.24) is 4.98 Å². The molecule has 0 amide bonds. The van der Waals surface area contributed by atoms with Gasteiger partial charge in [-0.15, -0.1) is 0 Å². The highest BCUT2D eigenvalue weighted by atomic mass is 32.2. The van der Waals surface area contributed by atoms with Gasteiger partial charge in [0.05, 0.1) is 11.4 Å². The Hall–Kier alpha value is -0.740. The van der Waals surface area contributed by atoms with Gasteiger partial charge in [-0.3, -0.25) is 9.19 Å². The summed E-state index contributed by atoms with van der Waals surface area (Å²) in [7, 11) is -0.799. The van der Waals surface area contributed by atoms with Crippen molar-refractivity contribution in [3.8, 4) is 0 Å². The molecule has 2 N–H and O–H groups in total. The van der Waals surface area contributed by atoms with Crippen LogP contribution in [0.1, 0.15) is 31.5 Å². The molecule has 4 heteroatoms. The molecule has 1 atom stereocenters. The Balaban J connectivity index is 2.55. The van der Waals surface area contributed by atoms with Crippen LogP contribution < -0.4 is 5.73 Å². The molecule has 90 valence electrons. The minimum absolute atomic E-state index is 0.414. The Morgan fingerprint density at radius 3 is 2.88 bits per heavy atom. The van der Waals surface area contributed by atoms with E-state index in [1.165, 1.54) is 0 Å². The topological polar surface area (TPSA) is 56.0 Å². The lowest BCUT2D eigenvalue weighted by atomic mass is 10.2. The summed E-state index contributed by atoms with van der Waals surface area (Å²) in [5.41, 5.74) is 7.47. The lowest BCUT2D eigenvalue weighted by Gasteiger charge is -2.07. The van der Waals surface area contributed by atoms with E-state index in [1.54, 1.807) is 6.20 Å². The summed E-state index contributed by atoms with van der Waals surface area (Å²) in [6, 6.07) is 3.83. The van der Waals surface area contributed by atoms with Gasteiger partial charge in [-0.1, -0.05) is 19.9 Å². The van der Waals surface area contributed by atoms with E-state index in [1.807, 2.05) is 12.1 Å². The zero-order chi connectivity index (χ0) is 12.0. The highest BCUT2D eigenvalue weighted by Crippen LogP contribution is 2.10. The first-order valence-corrected chi connectivity index (χ1v) is 7.10. The molecule has 3 nitrogen and oxygen atoms in total. The highest BCUT2D eigenvalue weighted by molar-refractivity contribution is 7.84. The average Bonchev–Trinajstić information content (AvgIpc) is 2.27. The molecule has 0 saturated heterocycles. The second-order valence-corrected chi connectivity index (χ2v) is 5.86. The third-order valence-corrected chi connectivity index (χ3v) is 3.74. The Morgan fingerprint density at radius 2 is 2.25 bits per heavy atom. The number of nitrogens with two attached hydrogens (primary N) is 1. The van der Waals surface area contributed by atoms with Crippen LogP contribution in [-0.4, -0.2) is 14.9 Å². The molecule has 0 aromatic carbocycles. The van der Waals surface area contributed by atoms with Gasteiger partial charge in [0.1, 0.15) is 0 Å². The Bertz CT molecular complexity index is 353. The van der Waals surface area contributed by atoms with Gasteiger partial charge in [0, 0.05) is 29.3 Å². The summed E-state index contributed by atoms with van der Waals surface area (Å²) in [6.07, 6.45) is 2.73. The molecule has 1 heterocycles. The minimum atomic E-state index is -0.799. The molecule has 0 saturated carbocycles. The second-order valence-electron chi connectivity index (χ2n) is 4.28. The van der Waals surface area contributed by atoms with Gasteiger partial charge in [0.25, 0.3) is 0 Å². The van der Waals surface area contributed by atoms with Crippen molar-refractivity contribution < 1.29 is 4.21 Å². The summed E-state index contributed by atoms with van der Waals surface area (Å²) >= 11 is 0. The molecule has 1 rings (SSSR count). The van der Waals surface area contributed by atoms with E-state index in [-0.39, 0.29) is 0 Å². The van der Waals surface area contributed by atoms with E-state index in [9.17, 15) is 4.21 Å². The van der Waals surface area contributed by atoms with Crippen molar-refractivity contribution in [2.24, 2.45) is 11.7 Å². The minimum Gasteiger partial charge on any atom is -0.325 e. The maximum atomic E-state index is 11.8. The SMILES string of the molecule is CC(C)CCS(=O)Cc1cccnc1CN. The Kier molecular flexibility index (Phi) is 5.63. The zero-order valence-corrected chi connectivity index (χ0v) is 10.8. The monoisotopic (exact) mass is 240 g/mol. The fraction of sp³-hybridized carbons (Fsp3) is 0.583. The van der Waals surface area contributed by atoms with Gasteiger partial charge in [-0.25, -0.2) is 0 Å². The number of rotatable bonds is 6. The van der Waals surface area contributed by atoms with Crippen LogP contribution in [-0.2, 0) is 23.1 Å². The molecule has 0 aliphatic heterocycles. The molecule has 1 aromatic rings. The molecule has 0 aliphatic rings. The van der Waals surface area contributed by atoms with Crippen molar-refractivity contribution in [1.29, 1.82) is 0 Å². The molecule has 0 bridgehead atoms. The summed E-state index contributed by atoms with van der Waals surface area (Å²) in [4.78, 5) is 4.19. The van der Waals surface area contributed by atoms with Gasteiger partial charge < -0.3 is 5.73 Å². The number of aromatic nitrogens is 1. The molecule has 0 spiro atoms. The van der Waals surface area contributed by atoms with E-state index < -0.39 is 10.8 Å². The third kappa shape index (κ3) is 4.41. The van der Waals surface area contributed by atoms with Crippen LogP contribution in [0, 0.1) is 5.92 Å². The van der Waals surface area contributed by atoms with Gasteiger partial charge in [0.2, 0.25) is 0 Å². The number of nitrogens with zero attached hydrogens (tertiary/aromatic N) is 1. The Morgan fingerprint density at radius 1 is 1.50 bits per heavy atom. The molecule has 0 fully saturated rings. The first-order chi connectivity index (χ1) is 7.63. The van der Waals surface area contributed by atoms with Crippen LogP contribution in [0.25, 0.3) is 0 Å². The van der Waals surface area contributed by atoms with Crippen LogP contribution >= 0.6 is 0 Å². The van der Waals surface area contributed by atoms with Crippen molar-refractivity contribution >= 4 is 10.8 Å². The first-order valence-electron chi connectivity index (χ1n) is 5.61. The molecule has 1 unspecified atom stereocenters. The van der Waals surface area contributed by atoms with Gasteiger partial charge in [-0.2, -0.15) is 0 Å². The van der Waals surface area contributed by atoms with Crippen molar-refractivity contribution in [2.45, 2.75) is 32.6 Å². The molecule has 16 heavy (non-hydrogen) atoms. The maximum absolute atomic E-state index is 11.8. The molecule has 1 aromatic heterocycles. The van der Waals surface area contributed by atoms with E-state index in [0.29, 0.717) is 18.2 Å². The summed E-state index contributed by atoms with van der Waals surface area (Å²) in [6.45, 7) is 4.71. The quantitative estimate of drug-likeness (QED) is 0.825. The fourth-order valence-electron chi connectivity index (χ4n) is 1.40. The van der Waals surface area contributed by atoms with Crippen molar-refractivity contribution in [3.63, 3.8) is 0 Å². The lowest BCUT2D eigenvalue weighted by Crippen LogP contribution is -2.09. The van der Waals surface area contributed by atoms with Gasteiger partial charge in [-0.05, 0) is 24.0 Å². The van der Waals surface area contributed by atoms with E-state index in [0.717, 1.165) is 23.4 Å². The molecular formula is C12H20N2OS. The van der Waals surface area contributed by atoms with E-state index in [4.69, 9.17) is 5.73 Å². The van der Waals surface area contributed by atoms with Gasteiger partial charge >= 0.3 is 0 Å². The Labute approximate surface area is 99.9 Å². The predicted molar refractivity (Wildman–Crippen MR) is 68.3 cm³/mol. The van der Waals surface area contributed by atoms with Crippen molar-refractivity contribution in [3.05, 3.63) is 29.6 Å². The second kappa shape index (κ2) is 6.76. The average molecular weight is 240 g/mol. The predicted octanol–water partition coefficient (Wildman–Crippen LogP) is 1.84. The molecular weight excluding hydrogens is 220 g/mol. The lowest BCUT2D eigenvalue weighted by molar-refractivity contribution is 0.619. The maximum Gasteiger partial charge on any atom is 0.0580 e. The first kappa shape index (κ1) is 13.3. The normalized spacial score (nSPS) is 13.0. The zero-order valence-electron chi connectivity index (χ0n) is 9.98. The summed E-state index contributed by atoms with van der Waals surface area (Å²) in [5, 5.41) is 0. The van der Waals surface area contributed by atoms with Crippen LogP contribution in [0.4, 0.5) is 0 Å². The summed E-state index contributed by atoms with van der Waals surface area (Å²) in [5.74, 6) is 1.94. The van der Waals surface area contributed by atoms with Crippen molar-refractivity contribution in [2.75, 3.05) is 5.75 Å². The molecule has 0 radical (unpaired) electrons. The standard InChI is InChI=1S/C12H20N2OS/c1-10(2)5-7-16(15)9-11-4-3-6-14-12(11)8-13/h3-4,6,10H,5,7-9,13H2,1-2H3. The number of pyridine rings is 1. The van der Waals surface area contributed by atoms with Crippen LogP contribution in [0.15, 0.2) is 18.3 Å². The van der Waals surface area contributed by atoms with E-state index >= 15 is 0 Å². The van der Waals surface area contributed by atoms with Crippen LogP contribution in [0.2, 0.25) is 0 Å². The largest absolute Gasteiger partial charge is 0.325 e. The smallest absolute Gasteiger partial charge is 0.0580 e. The highest BCUT2D eigenvalue weighted by Gasteiger charge is 2.07. The third-order valence-electron chi connectivity index (χ3n) is 2.42. The number of hydrogen-bond acceptors (Lipinski definition) is 3. The fourth-order valence-corrected chi connectivity index (χ4v) is 2.89. The van der Waals surface area contributed by atoms with Gasteiger partial charge in [0.15, 0.2) is 0 Å². The van der Waals surface area contributed by atoms with Crippen LogP contribution in [0.5, 0.6) is 0 Å².